The maximum atomic E-state index is 5.98. The minimum absolute atomic E-state index is 0.119. The second-order valence-electron chi connectivity index (χ2n) is 5.57. The molecule has 1 rings (SSSR count). The zero-order valence-corrected chi connectivity index (χ0v) is 12.4. The van der Waals surface area contributed by atoms with Gasteiger partial charge in [-0.3, -0.25) is 4.90 Å². The molecule has 0 saturated heterocycles. The minimum atomic E-state index is 0.119. The molecule has 2 nitrogen and oxygen atoms in total. The van der Waals surface area contributed by atoms with Gasteiger partial charge in [0.05, 0.1) is 0 Å². The van der Waals surface area contributed by atoms with Gasteiger partial charge in [0.15, 0.2) is 0 Å². The molecule has 1 unspecified atom stereocenters. The highest BCUT2D eigenvalue weighted by atomic mass is 32.1. The van der Waals surface area contributed by atoms with Crippen molar-refractivity contribution in [3.8, 4) is 0 Å². The fourth-order valence-electron chi connectivity index (χ4n) is 1.88. The van der Waals surface area contributed by atoms with E-state index in [2.05, 4.69) is 50.2 Å². The van der Waals surface area contributed by atoms with Crippen LogP contribution in [0.3, 0.4) is 0 Å². The second-order valence-corrected chi connectivity index (χ2v) is 6.60. The third kappa shape index (κ3) is 4.41. The predicted octanol–water partition coefficient (Wildman–Crippen LogP) is 3.33. The van der Waals surface area contributed by atoms with Crippen molar-refractivity contribution in [3.05, 3.63) is 22.4 Å². The Labute approximate surface area is 110 Å². The van der Waals surface area contributed by atoms with Crippen LogP contribution in [0.5, 0.6) is 0 Å². The van der Waals surface area contributed by atoms with Gasteiger partial charge < -0.3 is 5.73 Å². The van der Waals surface area contributed by atoms with Crippen LogP contribution in [0.1, 0.15) is 38.5 Å². The molecule has 0 amide bonds. The molecule has 1 aromatic heterocycles. The summed E-state index contributed by atoms with van der Waals surface area (Å²) in [6.07, 6.45) is 2.41. The third-order valence-electron chi connectivity index (χ3n) is 3.59. The average Bonchev–Trinajstić information content (AvgIpc) is 2.78. The normalized spacial score (nSPS) is 15.5. The predicted molar refractivity (Wildman–Crippen MR) is 77.3 cm³/mol. The fourth-order valence-corrected chi connectivity index (χ4v) is 2.63. The van der Waals surface area contributed by atoms with Crippen molar-refractivity contribution in [1.29, 1.82) is 0 Å². The standard InChI is InChI=1S/C14H26N2S/c1-12(2)7-8-14(3,11-15)16(4)10-13-6-5-9-17-13/h5-6,9,12H,7-8,10-11,15H2,1-4H3. The van der Waals surface area contributed by atoms with Crippen molar-refractivity contribution in [1.82, 2.24) is 4.90 Å². The average molecular weight is 254 g/mol. The van der Waals surface area contributed by atoms with Crippen molar-refractivity contribution in [3.63, 3.8) is 0 Å². The summed E-state index contributed by atoms with van der Waals surface area (Å²) in [6.45, 7) is 8.56. The minimum Gasteiger partial charge on any atom is -0.329 e. The van der Waals surface area contributed by atoms with Gasteiger partial charge in [-0.2, -0.15) is 0 Å². The van der Waals surface area contributed by atoms with Crippen LogP contribution in [0.2, 0.25) is 0 Å². The van der Waals surface area contributed by atoms with E-state index in [4.69, 9.17) is 5.73 Å². The molecule has 0 spiro atoms. The van der Waals surface area contributed by atoms with Gasteiger partial charge in [0, 0.05) is 23.5 Å². The Balaban J connectivity index is 2.58. The molecule has 1 atom stereocenters. The highest BCUT2D eigenvalue weighted by Crippen LogP contribution is 2.24. The van der Waals surface area contributed by atoms with E-state index >= 15 is 0 Å². The number of nitrogens with two attached hydrogens (primary N) is 1. The van der Waals surface area contributed by atoms with Crippen molar-refractivity contribution >= 4 is 11.3 Å². The van der Waals surface area contributed by atoms with Gasteiger partial charge in [-0.15, -0.1) is 11.3 Å². The molecule has 0 bridgehead atoms. The lowest BCUT2D eigenvalue weighted by atomic mass is 9.90. The lowest BCUT2D eigenvalue weighted by Gasteiger charge is -2.38. The molecule has 0 saturated carbocycles. The summed E-state index contributed by atoms with van der Waals surface area (Å²) < 4.78 is 0. The molecule has 0 fully saturated rings. The number of hydrogen-bond donors (Lipinski definition) is 1. The molecule has 98 valence electrons. The molecule has 0 aliphatic rings. The first-order chi connectivity index (χ1) is 7.98. The van der Waals surface area contributed by atoms with E-state index < -0.39 is 0 Å². The van der Waals surface area contributed by atoms with Gasteiger partial charge in [0.1, 0.15) is 0 Å². The van der Waals surface area contributed by atoms with E-state index in [0.29, 0.717) is 0 Å². The van der Waals surface area contributed by atoms with E-state index in [9.17, 15) is 0 Å². The second kappa shape index (κ2) is 6.53. The van der Waals surface area contributed by atoms with Crippen LogP contribution < -0.4 is 5.73 Å². The number of thiophene rings is 1. The first-order valence-electron chi connectivity index (χ1n) is 6.41. The van der Waals surface area contributed by atoms with E-state index in [0.717, 1.165) is 19.0 Å². The van der Waals surface area contributed by atoms with Gasteiger partial charge in [0.2, 0.25) is 0 Å². The molecule has 1 aromatic rings. The fraction of sp³-hybridized carbons (Fsp3) is 0.714. The first-order valence-corrected chi connectivity index (χ1v) is 7.29. The van der Waals surface area contributed by atoms with Crippen molar-refractivity contribution in [2.75, 3.05) is 13.6 Å². The Kier molecular flexibility index (Phi) is 5.63. The van der Waals surface area contributed by atoms with Crippen molar-refractivity contribution in [2.45, 2.75) is 45.7 Å². The van der Waals surface area contributed by atoms with Gasteiger partial charge >= 0.3 is 0 Å². The maximum Gasteiger partial charge on any atom is 0.0330 e. The quantitative estimate of drug-likeness (QED) is 0.808. The maximum absolute atomic E-state index is 5.98. The zero-order chi connectivity index (χ0) is 12.9. The number of rotatable bonds is 7. The van der Waals surface area contributed by atoms with Crippen LogP contribution in [0.4, 0.5) is 0 Å². The molecular weight excluding hydrogens is 228 g/mol. The lowest BCUT2D eigenvalue weighted by Crippen LogP contribution is -2.49. The van der Waals surface area contributed by atoms with Gasteiger partial charge in [-0.1, -0.05) is 19.9 Å². The highest BCUT2D eigenvalue weighted by molar-refractivity contribution is 7.09. The third-order valence-corrected chi connectivity index (χ3v) is 4.46. The van der Waals surface area contributed by atoms with Crippen LogP contribution in [-0.4, -0.2) is 24.0 Å². The Morgan fingerprint density at radius 3 is 2.65 bits per heavy atom. The SMILES string of the molecule is CC(C)CCC(C)(CN)N(C)Cc1cccs1. The molecular formula is C14H26N2S. The summed E-state index contributed by atoms with van der Waals surface area (Å²) in [5.74, 6) is 0.746. The van der Waals surface area contributed by atoms with Crippen LogP contribution in [-0.2, 0) is 6.54 Å². The molecule has 0 aliphatic carbocycles. The Morgan fingerprint density at radius 2 is 2.18 bits per heavy atom. The van der Waals surface area contributed by atoms with Crippen LogP contribution in [0.25, 0.3) is 0 Å². The van der Waals surface area contributed by atoms with Gasteiger partial charge in [0.25, 0.3) is 0 Å². The summed E-state index contributed by atoms with van der Waals surface area (Å²) >= 11 is 1.82. The van der Waals surface area contributed by atoms with E-state index in [1.54, 1.807) is 0 Å². The monoisotopic (exact) mass is 254 g/mol. The summed E-state index contributed by atoms with van der Waals surface area (Å²) in [7, 11) is 2.19. The molecule has 3 heteroatoms. The van der Waals surface area contributed by atoms with E-state index in [1.165, 1.54) is 17.7 Å². The first kappa shape index (κ1) is 14.7. The number of hydrogen-bond acceptors (Lipinski definition) is 3. The zero-order valence-electron chi connectivity index (χ0n) is 11.6. The topological polar surface area (TPSA) is 29.3 Å². The Hall–Kier alpha value is -0.380. The van der Waals surface area contributed by atoms with Crippen LogP contribution >= 0.6 is 11.3 Å². The largest absolute Gasteiger partial charge is 0.329 e. The number of likely N-dealkylation sites (N-methyl/N-ethyl adjacent to an activating group) is 1. The molecule has 17 heavy (non-hydrogen) atoms. The van der Waals surface area contributed by atoms with E-state index in [1.807, 2.05) is 11.3 Å². The Morgan fingerprint density at radius 1 is 1.47 bits per heavy atom. The smallest absolute Gasteiger partial charge is 0.0330 e. The van der Waals surface area contributed by atoms with Crippen LogP contribution in [0.15, 0.2) is 17.5 Å². The highest BCUT2D eigenvalue weighted by Gasteiger charge is 2.27. The van der Waals surface area contributed by atoms with Crippen LogP contribution in [0, 0.1) is 5.92 Å². The van der Waals surface area contributed by atoms with Gasteiger partial charge in [-0.05, 0) is 44.2 Å². The Bertz CT molecular complexity index is 308. The molecule has 0 aromatic carbocycles. The molecule has 2 N–H and O–H groups in total. The molecule has 0 aliphatic heterocycles. The number of nitrogens with zero attached hydrogens (tertiary/aromatic N) is 1. The summed E-state index contributed by atoms with van der Waals surface area (Å²) in [5, 5.41) is 2.14. The van der Waals surface area contributed by atoms with E-state index in [-0.39, 0.29) is 5.54 Å². The summed E-state index contributed by atoms with van der Waals surface area (Å²) in [4.78, 5) is 3.82. The molecule has 1 heterocycles. The van der Waals surface area contributed by atoms with Crippen molar-refractivity contribution < 1.29 is 0 Å². The lowest BCUT2D eigenvalue weighted by molar-refractivity contribution is 0.120. The molecule has 0 radical (unpaired) electrons. The van der Waals surface area contributed by atoms with Gasteiger partial charge in [-0.25, -0.2) is 0 Å². The summed E-state index contributed by atoms with van der Waals surface area (Å²) in [6, 6.07) is 4.31. The van der Waals surface area contributed by atoms with Crippen molar-refractivity contribution in [2.24, 2.45) is 11.7 Å². The summed E-state index contributed by atoms with van der Waals surface area (Å²) in [5.41, 5.74) is 6.10.